The first-order valence-electron chi connectivity index (χ1n) is 8.38. The minimum absolute atomic E-state index is 0.246. The van der Waals surface area contributed by atoms with E-state index in [9.17, 15) is 4.79 Å². The number of anilines is 2. The van der Waals surface area contributed by atoms with E-state index >= 15 is 0 Å². The van der Waals surface area contributed by atoms with Crippen molar-refractivity contribution in [2.75, 3.05) is 5.32 Å². The molecule has 3 aromatic rings. The summed E-state index contributed by atoms with van der Waals surface area (Å²) in [5, 5.41) is 6.08. The Labute approximate surface area is 152 Å². The zero-order valence-electron chi connectivity index (χ0n) is 15.1. The predicted molar refractivity (Wildman–Crippen MR) is 101 cm³/mol. The number of aromatic nitrogens is 3. The van der Waals surface area contributed by atoms with Crippen LogP contribution in [0.1, 0.15) is 32.7 Å². The van der Waals surface area contributed by atoms with Crippen molar-refractivity contribution in [2.24, 2.45) is 0 Å². The molecule has 3 rings (SSSR count). The van der Waals surface area contributed by atoms with Gasteiger partial charge in [-0.15, -0.1) is 0 Å². The Balaban J connectivity index is 1.73. The average molecular weight is 347 g/mol. The molecule has 0 radical (unpaired) electrons. The van der Waals surface area contributed by atoms with E-state index in [-0.39, 0.29) is 5.91 Å². The minimum Gasteiger partial charge on any atom is -0.347 e. The molecule has 2 heterocycles. The van der Waals surface area contributed by atoms with Gasteiger partial charge in [-0.25, -0.2) is 9.97 Å². The molecule has 6 heteroatoms. The van der Waals surface area contributed by atoms with Crippen molar-refractivity contribution in [2.45, 2.75) is 27.3 Å². The number of rotatable bonds is 5. The maximum absolute atomic E-state index is 12.4. The molecule has 6 nitrogen and oxygen atoms in total. The molecule has 1 amide bonds. The summed E-state index contributed by atoms with van der Waals surface area (Å²) in [6.07, 6.45) is 4.97. The number of pyridine rings is 1. The lowest BCUT2D eigenvalue weighted by atomic mass is 10.1. The molecule has 0 aliphatic carbocycles. The smallest absolute Gasteiger partial charge is 0.270 e. The lowest BCUT2D eigenvalue weighted by Gasteiger charge is -2.13. The highest BCUT2D eigenvalue weighted by Gasteiger charge is 2.10. The summed E-state index contributed by atoms with van der Waals surface area (Å²) in [6, 6.07) is 9.51. The van der Waals surface area contributed by atoms with Gasteiger partial charge in [0.15, 0.2) is 0 Å². The Morgan fingerprint density at radius 2 is 1.69 bits per heavy atom. The zero-order chi connectivity index (χ0) is 18.5. The van der Waals surface area contributed by atoms with E-state index in [1.165, 1.54) is 5.56 Å². The number of nitrogens with zero attached hydrogens (tertiary/aromatic N) is 3. The van der Waals surface area contributed by atoms with E-state index in [0.717, 1.165) is 22.4 Å². The number of carbonyl (C=O) groups excluding carboxylic acids is 1. The molecule has 0 saturated carbocycles. The monoisotopic (exact) mass is 347 g/mol. The molecule has 26 heavy (non-hydrogen) atoms. The van der Waals surface area contributed by atoms with E-state index in [1.807, 2.05) is 26.0 Å². The van der Waals surface area contributed by atoms with Gasteiger partial charge < -0.3 is 10.6 Å². The van der Waals surface area contributed by atoms with E-state index < -0.39 is 0 Å². The predicted octanol–water partition coefficient (Wildman–Crippen LogP) is 3.47. The van der Waals surface area contributed by atoms with Crippen LogP contribution in [0.2, 0.25) is 0 Å². The van der Waals surface area contributed by atoms with E-state index in [1.54, 1.807) is 24.7 Å². The van der Waals surface area contributed by atoms with Gasteiger partial charge in [-0.1, -0.05) is 17.7 Å². The second kappa shape index (κ2) is 7.74. The first-order valence-corrected chi connectivity index (χ1v) is 8.38. The molecule has 0 spiro atoms. The summed E-state index contributed by atoms with van der Waals surface area (Å²) in [5.74, 6) is 0.154. The second-order valence-corrected chi connectivity index (χ2v) is 6.20. The second-order valence-electron chi connectivity index (χ2n) is 6.20. The number of nitrogens with one attached hydrogen (secondary N) is 2. The number of benzene rings is 1. The molecule has 0 fully saturated rings. The van der Waals surface area contributed by atoms with Crippen molar-refractivity contribution < 1.29 is 4.79 Å². The molecule has 1 aromatic carbocycles. The molecule has 0 bridgehead atoms. The Morgan fingerprint density at radius 3 is 2.38 bits per heavy atom. The van der Waals surface area contributed by atoms with Crippen molar-refractivity contribution >= 4 is 17.5 Å². The highest BCUT2D eigenvalue weighted by atomic mass is 16.1. The highest BCUT2D eigenvalue weighted by molar-refractivity contribution is 5.92. The van der Waals surface area contributed by atoms with E-state index in [0.29, 0.717) is 18.2 Å². The number of hydrogen-bond acceptors (Lipinski definition) is 5. The molecule has 2 N–H and O–H groups in total. The first-order chi connectivity index (χ1) is 12.5. The topological polar surface area (TPSA) is 79.8 Å². The lowest BCUT2D eigenvalue weighted by Crippen LogP contribution is -2.24. The van der Waals surface area contributed by atoms with Crippen LogP contribution in [0.5, 0.6) is 0 Å². The van der Waals surface area contributed by atoms with Gasteiger partial charge in [0.05, 0.1) is 0 Å². The third-order valence-corrected chi connectivity index (χ3v) is 4.00. The molecule has 0 unspecified atom stereocenters. The van der Waals surface area contributed by atoms with Crippen molar-refractivity contribution in [1.82, 2.24) is 20.3 Å². The lowest BCUT2D eigenvalue weighted by molar-refractivity contribution is 0.0946. The third kappa shape index (κ3) is 4.22. The molecule has 0 saturated heterocycles. The van der Waals surface area contributed by atoms with Gasteiger partial charge in [-0.2, -0.15) is 0 Å². The fourth-order valence-electron chi connectivity index (χ4n) is 2.81. The number of amides is 1. The molecule has 0 atom stereocenters. The van der Waals surface area contributed by atoms with Crippen molar-refractivity contribution in [3.63, 3.8) is 0 Å². The largest absolute Gasteiger partial charge is 0.347 e. The minimum atomic E-state index is -0.246. The molecule has 2 aromatic heterocycles. The van der Waals surface area contributed by atoms with Gasteiger partial charge in [-0.05, 0) is 55.7 Å². The third-order valence-electron chi connectivity index (χ3n) is 4.00. The van der Waals surface area contributed by atoms with Crippen molar-refractivity contribution in [1.29, 1.82) is 0 Å². The van der Waals surface area contributed by atoms with Crippen LogP contribution in [-0.2, 0) is 6.54 Å². The fraction of sp³-hybridized carbons (Fsp3) is 0.200. The Kier molecular flexibility index (Phi) is 5.22. The molecule has 132 valence electrons. The van der Waals surface area contributed by atoms with Gasteiger partial charge in [-0.3, -0.25) is 9.78 Å². The number of hydrogen-bond donors (Lipinski definition) is 2. The maximum Gasteiger partial charge on any atom is 0.270 e. The molecule has 0 aliphatic heterocycles. The number of carbonyl (C=O) groups is 1. The van der Waals surface area contributed by atoms with Crippen LogP contribution in [-0.4, -0.2) is 20.9 Å². The van der Waals surface area contributed by atoms with Crippen molar-refractivity contribution in [3.05, 3.63) is 76.9 Å². The summed E-state index contributed by atoms with van der Waals surface area (Å²) in [4.78, 5) is 24.9. The van der Waals surface area contributed by atoms with Gasteiger partial charge in [0.25, 0.3) is 5.91 Å². The summed E-state index contributed by atoms with van der Waals surface area (Å²) in [7, 11) is 0. The van der Waals surface area contributed by atoms with Crippen molar-refractivity contribution in [3.8, 4) is 0 Å². The molecular formula is C20H21N5O. The Morgan fingerprint density at radius 1 is 1.00 bits per heavy atom. The van der Waals surface area contributed by atoms with Crippen LogP contribution in [0, 0.1) is 20.8 Å². The molecular weight excluding hydrogens is 326 g/mol. The van der Waals surface area contributed by atoms with Crippen LogP contribution >= 0.6 is 0 Å². The van der Waals surface area contributed by atoms with Gasteiger partial charge in [0.1, 0.15) is 5.69 Å². The SMILES string of the molecule is Cc1cc(C)c(Nc2nccc(C(=O)NCc3ccncc3)n2)c(C)c1. The summed E-state index contributed by atoms with van der Waals surface area (Å²) < 4.78 is 0. The summed E-state index contributed by atoms with van der Waals surface area (Å²) in [6.45, 7) is 6.56. The van der Waals surface area contributed by atoms with Gasteiger partial charge in [0, 0.05) is 30.8 Å². The Bertz CT molecular complexity index is 901. The van der Waals surface area contributed by atoms with E-state index in [2.05, 4.69) is 44.6 Å². The molecule has 0 aliphatic rings. The first kappa shape index (κ1) is 17.5. The van der Waals surface area contributed by atoms with Crippen LogP contribution < -0.4 is 10.6 Å². The van der Waals surface area contributed by atoms with Crippen LogP contribution in [0.15, 0.2) is 48.9 Å². The summed E-state index contributed by atoms with van der Waals surface area (Å²) >= 11 is 0. The summed E-state index contributed by atoms with van der Waals surface area (Å²) in [5.41, 5.74) is 5.68. The number of aryl methyl sites for hydroxylation is 3. The van der Waals surface area contributed by atoms with Gasteiger partial charge in [0.2, 0.25) is 5.95 Å². The van der Waals surface area contributed by atoms with Crippen LogP contribution in [0.25, 0.3) is 0 Å². The zero-order valence-corrected chi connectivity index (χ0v) is 15.1. The van der Waals surface area contributed by atoms with Crippen LogP contribution in [0.3, 0.4) is 0 Å². The fourth-order valence-corrected chi connectivity index (χ4v) is 2.81. The standard InChI is InChI=1S/C20H21N5O/c1-13-10-14(2)18(15(3)11-13)25-20-22-9-6-17(24-20)19(26)23-12-16-4-7-21-8-5-16/h4-11H,12H2,1-3H3,(H,23,26)(H,22,24,25). The normalized spacial score (nSPS) is 10.4. The van der Waals surface area contributed by atoms with E-state index in [4.69, 9.17) is 0 Å². The Hall–Kier alpha value is -3.28. The maximum atomic E-state index is 12.4. The average Bonchev–Trinajstić information content (AvgIpc) is 2.64. The van der Waals surface area contributed by atoms with Gasteiger partial charge >= 0.3 is 0 Å². The highest BCUT2D eigenvalue weighted by Crippen LogP contribution is 2.24. The quantitative estimate of drug-likeness (QED) is 0.739. The van der Waals surface area contributed by atoms with Crippen LogP contribution in [0.4, 0.5) is 11.6 Å².